The maximum Gasteiger partial charge on any atom is 0.0863 e. The highest BCUT2D eigenvalue weighted by Gasteiger charge is 2.25. The highest BCUT2D eigenvalue weighted by Crippen LogP contribution is 2.24. The largest absolute Gasteiger partial charge is 0.267 e. The van der Waals surface area contributed by atoms with Gasteiger partial charge in [0.2, 0.25) is 0 Å². The van der Waals surface area contributed by atoms with Crippen molar-refractivity contribution < 1.29 is 0 Å². The first kappa shape index (κ1) is 15.8. The van der Waals surface area contributed by atoms with Crippen molar-refractivity contribution in [3.05, 3.63) is 16.4 Å². The van der Waals surface area contributed by atoms with Crippen molar-refractivity contribution in [3.8, 4) is 0 Å². The summed E-state index contributed by atoms with van der Waals surface area (Å²) in [6, 6.07) is 1.17. The van der Waals surface area contributed by atoms with E-state index >= 15 is 0 Å². The first-order valence-corrected chi connectivity index (χ1v) is 8.22. The van der Waals surface area contributed by atoms with E-state index in [-0.39, 0.29) is 0 Å². The van der Waals surface area contributed by atoms with Gasteiger partial charge in [-0.25, -0.2) is 10.4 Å². The summed E-state index contributed by atoms with van der Waals surface area (Å²) >= 11 is 6.46. The Hall–Kier alpha value is -0.580. The van der Waals surface area contributed by atoms with Gasteiger partial charge in [0.1, 0.15) is 0 Å². The van der Waals surface area contributed by atoms with Crippen molar-refractivity contribution in [2.24, 2.45) is 0 Å². The van der Waals surface area contributed by atoms with Gasteiger partial charge in [0.05, 0.1) is 23.0 Å². The maximum absolute atomic E-state index is 6.46. The van der Waals surface area contributed by atoms with Crippen LogP contribution in [0.3, 0.4) is 0 Å². The number of rotatable bonds is 5. The molecule has 1 saturated heterocycles. The molecule has 4 nitrogen and oxygen atoms in total. The number of aromatic nitrogens is 2. The zero-order chi connectivity index (χ0) is 14.7. The lowest BCUT2D eigenvalue weighted by Gasteiger charge is -2.39. The van der Waals surface area contributed by atoms with Gasteiger partial charge in [-0.1, -0.05) is 24.9 Å². The number of hydrazine groups is 1. The van der Waals surface area contributed by atoms with Gasteiger partial charge in [-0.15, -0.1) is 0 Å². The van der Waals surface area contributed by atoms with Crippen molar-refractivity contribution in [1.82, 2.24) is 20.2 Å². The van der Waals surface area contributed by atoms with E-state index in [0.29, 0.717) is 12.1 Å². The van der Waals surface area contributed by atoms with E-state index < -0.39 is 0 Å². The van der Waals surface area contributed by atoms with Gasteiger partial charge in [-0.3, -0.25) is 4.68 Å². The molecule has 1 aliphatic heterocycles. The molecule has 2 atom stereocenters. The summed E-state index contributed by atoms with van der Waals surface area (Å²) in [4.78, 5) is 0. The molecular formula is C15H27ClN4. The minimum atomic E-state index is 0.584. The lowest BCUT2D eigenvalue weighted by molar-refractivity contribution is 0.0426. The first-order valence-electron chi connectivity index (χ1n) is 7.84. The van der Waals surface area contributed by atoms with E-state index in [9.17, 15) is 0 Å². The minimum absolute atomic E-state index is 0.584. The number of nitrogens with zero attached hydrogens (tertiary/aromatic N) is 3. The number of aryl methyl sites for hydroxylation is 2. The van der Waals surface area contributed by atoms with Crippen LogP contribution in [-0.4, -0.2) is 26.9 Å². The number of nitrogens with one attached hydrogen (secondary N) is 1. The summed E-state index contributed by atoms with van der Waals surface area (Å²) in [5.41, 5.74) is 5.69. The molecule has 1 N–H and O–H groups in total. The normalized spacial score (nSPS) is 24.2. The molecule has 0 spiro atoms. The fourth-order valence-corrected chi connectivity index (χ4v) is 3.42. The van der Waals surface area contributed by atoms with Gasteiger partial charge in [-0.2, -0.15) is 5.10 Å². The second kappa shape index (κ2) is 6.92. The Kier molecular flexibility index (Phi) is 5.47. The molecule has 1 aromatic heterocycles. The van der Waals surface area contributed by atoms with E-state index in [1.54, 1.807) is 0 Å². The van der Waals surface area contributed by atoms with E-state index in [1.807, 2.05) is 4.68 Å². The molecule has 0 aliphatic carbocycles. The molecule has 1 fully saturated rings. The van der Waals surface area contributed by atoms with Crippen LogP contribution in [0.15, 0.2) is 0 Å². The van der Waals surface area contributed by atoms with Gasteiger partial charge >= 0.3 is 0 Å². The molecule has 0 aromatic carbocycles. The molecule has 5 heteroatoms. The van der Waals surface area contributed by atoms with Crippen LogP contribution in [0.4, 0.5) is 0 Å². The average molecular weight is 299 g/mol. The SMILES string of the molecule is CCc1nn(CC)c(CNN2C(C)CCCC2C)c1Cl. The third-order valence-electron chi connectivity index (χ3n) is 4.32. The molecule has 114 valence electrons. The number of hydrogen-bond acceptors (Lipinski definition) is 3. The summed E-state index contributed by atoms with van der Waals surface area (Å²) in [6.45, 7) is 10.4. The predicted molar refractivity (Wildman–Crippen MR) is 83.7 cm³/mol. The highest BCUT2D eigenvalue weighted by atomic mass is 35.5. The molecule has 0 saturated carbocycles. The third kappa shape index (κ3) is 3.18. The monoisotopic (exact) mass is 298 g/mol. The van der Waals surface area contributed by atoms with Crippen molar-refractivity contribution in [1.29, 1.82) is 0 Å². The lowest BCUT2D eigenvalue weighted by atomic mass is 10.00. The molecule has 0 bridgehead atoms. The van der Waals surface area contributed by atoms with Crippen LogP contribution in [0.1, 0.15) is 58.3 Å². The summed E-state index contributed by atoms with van der Waals surface area (Å²) in [5.74, 6) is 0. The summed E-state index contributed by atoms with van der Waals surface area (Å²) in [5, 5.41) is 7.79. The topological polar surface area (TPSA) is 33.1 Å². The third-order valence-corrected chi connectivity index (χ3v) is 4.75. The average Bonchev–Trinajstić information content (AvgIpc) is 2.74. The Balaban J connectivity index is 2.08. The van der Waals surface area contributed by atoms with Crippen molar-refractivity contribution in [2.45, 2.75) is 78.6 Å². The standard InChI is InChI=1S/C15H27ClN4/c1-5-13-15(16)14(19(6-2)18-13)10-17-20-11(3)8-7-9-12(20)4/h11-12,17H,5-10H2,1-4H3. The minimum Gasteiger partial charge on any atom is -0.267 e. The predicted octanol–water partition coefficient (Wildman–Crippen LogP) is 3.39. The van der Waals surface area contributed by atoms with Crippen LogP contribution in [-0.2, 0) is 19.5 Å². The summed E-state index contributed by atoms with van der Waals surface area (Å²) < 4.78 is 2.02. The van der Waals surface area contributed by atoms with Gasteiger partial charge in [0.25, 0.3) is 0 Å². The molecule has 1 aliphatic rings. The zero-order valence-corrected chi connectivity index (χ0v) is 13.9. The Morgan fingerprint density at radius 2 is 1.90 bits per heavy atom. The number of halogens is 1. The number of hydrogen-bond donors (Lipinski definition) is 1. The van der Waals surface area contributed by atoms with E-state index in [4.69, 9.17) is 11.6 Å². The fraction of sp³-hybridized carbons (Fsp3) is 0.800. The quantitative estimate of drug-likeness (QED) is 0.904. The Morgan fingerprint density at radius 1 is 1.25 bits per heavy atom. The van der Waals surface area contributed by atoms with Gasteiger partial charge in [0.15, 0.2) is 0 Å². The Morgan fingerprint density at radius 3 is 2.45 bits per heavy atom. The van der Waals surface area contributed by atoms with Crippen molar-refractivity contribution in [2.75, 3.05) is 0 Å². The lowest BCUT2D eigenvalue weighted by Crippen LogP contribution is -2.51. The maximum atomic E-state index is 6.46. The first-order chi connectivity index (χ1) is 9.58. The smallest absolute Gasteiger partial charge is 0.0863 e. The Bertz CT molecular complexity index is 433. The van der Waals surface area contributed by atoms with E-state index in [0.717, 1.165) is 35.9 Å². The van der Waals surface area contributed by atoms with Crippen molar-refractivity contribution >= 4 is 11.6 Å². The van der Waals surface area contributed by atoms with Crippen LogP contribution in [0.2, 0.25) is 5.02 Å². The second-order valence-corrected chi connectivity index (χ2v) is 6.13. The molecule has 0 radical (unpaired) electrons. The zero-order valence-electron chi connectivity index (χ0n) is 13.1. The molecule has 2 rings (SSSR count). The van der Waals surface area contributed by atoms with Crippen molar-refractivity contribution in [3.63, 3.8) is 0 Å². The van der Waals surface area contributed by atoms with Crippen LogP contribution in [0.5, 0.6) is 0 Å². The molecule has 2 unspecified atom stereocenters. The molecular weight excluding hydrogens is 272 g/mol. The van der Waals surface area contributed by atoms with Gasteiger partial charge in [-0.05, 0) is 40.0 Å². The Labute approximate surface area is 127 Å². The number of piperidine rings is 1. The van der Waals surface area contributed by atoms with Crippen LogP contribution >= 0.6 is 11.6 Å². The van der Waals surface area contributed by atoms with Gasteiger partial charge < -0.3 is 0 Å². The molecule has 2 heterocycles. The van der Waals surface area contributed by atoms with E-state index in [2.05, 4.69) is 43.2 Å². The molecule has 1 aromatic rings. The second-order valence-electron chi connectivity index (χ2n) is 5.75. The molecule has 20 heavy (non-hydrogen) atoms. The van der Waals surface area contributed by atoms with Crippen LogP contribution < -0.4 is 5.43 Å². The van der Waals surface area contributed by atoms with Gasteiger partial charge in [0, 0.05) is 18.6 Å². The molecule has 0 amide bonds. The summed E-state index contributed by atoms with van der Waals surface area (Å²) in [6.07, 6.45) is 4.74. The van der Waals surface area contributed by atoms with Crippen LogP contribution in [0.25, 0.3) is 0 Å². The van der Waals surface area contributed by atoms with E-state index in [1.165, 1.54) is 19.3 Å². The fourth-order valence-electron chi connectivity index (χ4n) is 3.09. The highest BCUT2D eigenvalue weighted by molar-refractivity contribution is 6.31. The van der Waals surface area contributed by atoms with Crippen LogP contribution in [0, 0.1) is 0 Å². The summed E-state index contributed by atoms with van der Waals surface area (Å²) in [7, 11) is 0.